The normalized spacial score (nSPS) is 44.8. The highest BCUT2D eigenvalue weighted by Gasteiger charge is 2.72. The second-order valence-electron chi connectivity index (χ2n) is 6.30. The number of fused-ring (bicyclic) bond motifs is 1. The van der Waals surface area contributed by atoms with Crippen LogP contribution in [0, 0.1) is 5.41 Å². The van der Waals surface area contributed by atoms with Crippen molar-refractivity contribution in [1.82, 2.24) is 0 Å². The van der Waals surface area contributed by atoms with Gasteiger partial charge in [-0.25, -0.2) is 0 Å². The molecule has 2 fully saturated rings. The number of aliphatic hydroxyl groups is 2. The van der Waals surface area contributed by atoms with Crippen molar-refractivity contribution in [2.45, 2.75) is 64.1 Å². The molecule has 0 aromatic carbocycles. The first-order chi connectivity index (χ1) is 8.53. The molecule has 2 rings (SSSR count). The first-order valence-corrected chi connectivity index (χ1v) is 6.33. The minimum atomic E-state index is -1.78. The molecule has 0 spiro atoms. The van der Waals surface area contributed by atoms with E-state index in [-0.39, 0.29) is 6.42 Å². The number of ketones is 1. The third kappa shape index (κ3) is 1.81. The second kappa shape index (κ2) is 4.01. The first-order valence-electron chi connectivity index (χ1n) is 6.33. The van der Waals surface area contributed by atoms with Crippen molar-refractivity contribution in [3.8, 4) is 0 Å². The number of hydrogen-bond donors (Lipinski definition) is 2. The molecule has 6 nitrogen and oxygen atoms in total. The molecule has 1 heterocycles. The van der Waals surface area contributed by atoms with Crippen LogP contribution in [0.5, 0.6) is 0 Å². The smallest absolute Gasteiger partial charge is 0.302 e. The average molecular weight is 272 g/mol. The van der Waals surface area contributed by atoms with Crippen LogP contribution in [0.3, 0.4) is 0 Å². The van der Waals surface area contributed by atoms with Gasteiger partial charge in [-0.05, 0) is 13.3 Å². The molecule has 19 heavy (non-hydrogen) atoms. The zero-order valence-electron chi connectivity index (χ0n) is 11.6. The van der Waals surface area contributed by atoms with E-state index in [2.05, 4.69) is 0 Å². The minimum Gasteiger partial charge on any atom is -0.462 e. The van der Waals surface area contributed by atoms with Crippen molar-refractivity contribution >= 4 is 11.8 Å². The number of aliphatic hydroxyl groups excluding tert-OH is 1. The van der Waals surface area contributed by atoms with Gasteiger partial charge < -0.3 is 19.7 Å². The average Bonchev–Trinajstić information content (AvgIpc) is 2.38. The Bertz CT molecular complexity index is 431. The lowest BCUT2D eigenvalue weighted by Gasteiger charge is -2.52. The summed E-state index contributed by atoms with van der Waals surface area (Å²) in [6.07, 6.45) is -1.57. The maximum Gasteiger partial charge on any atom is 0.302 e. The summed E-state index contributed by atoms with van der Waals surface area (Å²) in [6.45, 7) is 6.30. The predicted molar refractivity (Wildman–Crippen MR) is 64.0 cm³/mol. The van der Waals surface area contributed by atoms with Crippen LogP contribution in [-0.2, 0) is 19.1 Å². The number of esters is 1. The van der Waals surface area contributed by atoms with Gasteiger partial charge in [0.15, 0.2) is 5.60 Å². The maximum absolute atomic E-state index is 12.1. The van der Waals surface area contributed by atoms with E-state index >= 15 is 0 Å². The molecule has 1 aliphatic carbocycles. The number of ether oxygens (including phenoxy) is 2. The largest absolute Gasteiger partial charge is 0.462 e. The summed E-state index contributed by atoms with van der Waals surface area (Å²) in [4.78, 5) is 23.2. The highest BCUT2D eigenvalue weighted by atomic mass is 16.6. The van der Waals surface area contributed by atoms with Crippen LogP contribution < -0.4 is 0 Å². The fourth-order valence-electron chi connectivity index (χ4n) is 3.61. The third-order valence-electron chi connectivity index (χ3n) is 4.39. The van der Waals surface area contributed by atoms with Gasteiger partial charge in [-0.2, -0.15) is 0 Å². The lowest BCUT2D eigenvalue weighted by Crippen LogP contribution is -2.67. The molecule has 1 aliphatic heterocycles. The second-order valence-corrected chi connectivity index (χ2v) is 6.30. The highest BCUT2D eigenvalue weighted by molar-refractivity contribution is 5.94. The molecule has 0 bridgehead atoms. The molecule has 0 unspecified atom stereocenters. The van der Waals surface area contributed by atoms with Crippen molar-refractivity contribution in [2.24, 2.45) is 5.41 Å². The van der Waals surface area contributed by atoms with Crippen LogP contribution in [0.2, 0.25) is 0 Å². The van der Waals surface area contributed by atoms with Gasteiger partial charge in [0.1, 0.15) is 11.7 Å². The third-order valence-corrected chi connectivity index (χ3v) is 4.39. The summed E-state index contributed by atoms with van der Waals surface area (Å²) in [5.41, 5.74) is -3.91. The quantitative estimate of drug-likeness (QED) is 0.660. The summed E-state index contributed by atoms with van der Waals surface area (Å²) in [5.74, 6) is -1.14. The van der Waals surface area contributed by atoms with Gasteiger partial charge in [0.2, 0.25) is 12.1 Å². The van der Waals surface area contributed by atoms with E-state index in [0.717, 1.165) is 0 Å². The van der Waals surface area contributed by atoms with Crippen LogP contribution in [-0.4, -0.2) is 45.6 Å². The maximum atomic E-state index is 12.1. The van der Waals surface area contributed by atoms with E-state index in [1.165, 1.54) is 6.92 Å². The van der Waals surface area contributed by atoms with Crippen LogP contribution in [0.4, 0.5) is 0 Å². The molecule has 0 amide bonds. The zero-order valence-corrected chi connectivity index (χ0v) is 11.6. The Kier molecular flexibility index (Phi) is 3.04. The lowest BCUT2D eigenvalue weighted by atomic mass is 9.57. The summed E-state index contributed by atoms with van der Waals surface area (Å²) in [6, 6.07) is 0. The van der Waals surface area contributed by atoms with E-state index < -0.39 is 40.8 Å². The van der Waals surface area contributed by atoms with Crippen molar-refractivity contribution in [3.63, 3.8) is 0 Å². The number of carbonyl (C=O) groups is 2. The first kappa shape index (κ1) is 14.4. The number of carbonyl (C=O) groups excluding carboxylic acids is 2. The van der Waals surface area contributed by atoms with Gasteiger partial charge in [-0.1, -0.05) is 13.8 Å². The Morgan fingerprint density at radius 2 is 1.95 bits per heavy atom. The van der Waals surface area contributed by atoms with E-state index in [9.17, 15) is 19.8 Å². The summed E-state index contributed by atoms with van der Waals surface area (Å²) in [5, 5.41) is 20.4. The Morgan fingerprint density at radius 3 is 2.47 bits per heavy atom. The van der Waals surface area contributed by atoms with E-state index in [1.54, 1.807) is 20.8 Å². The monoisotopic (exact) mass is 272 g/mol. The number of rotatable bonds is 1. The van der Waals surface area contributed by atoms with Gasteiger partial charge in [-0.15, -0.1) is 0 Å². The molecule has 0 aromatic rings. The molecule has 0 aromatic heterocycles. The SMILES string of the molecule is CC(=O)O[C@H]1CC(C)(C)[C@@]2(O)C(=O)[C@H](O)O[C@@]2(C)C1. The molecular weight excluding hydrogens is 252 g/mol. The number of Topliss-reactive ketones (excluding diaryl/α,β-unsaturated/α-hetero) is 1. The van der Waals surface area contributed by atoms with E-state index in [0.29, 0.717) is 6.42 Å². The Hall–Kier alpha value is -0.980. The molecule has 1 saturated carbocycles. The van der Waals surface area contributed by atoms with Crippen molar-refractivity contribution in [1.29, 1.82) is 0 Å². The van der Waals surface area contributed by atoms with Gasteiger partial charge in [0, 0.05) is 18.8 Å². The predicted octanol–water partition coefficient (Wildman–Crippen LogP) is 0.146. The van der Waals surface area contributed by atoms with Crippen LogP contribution in [0.1, 0.15) is 40.5 Å². The van der Waals surface area contributed by atoms with Crippen LogP contribution in [0.15, 0.2) is 0 Å². The molecule has 6 heteroatoms. The van der Waals surface area contributed by atoms with Crippen molar-refractivity contribution in [2.75, 3.05) is 0 Å². The Labute approximate surface area is 111 Å². The molecule has 108 valence electrons. The standard InChI is InChI=1S/C13H20O6/c1-7(14)18-8-5-11(2,3)13(17)9(15)10(16)19-12(13,4)6-8/h8,10,16-17H,5-6H2,1-4H3/t8-,10+,12-,13-/m0/s1. The topological polar surface area (TPSA) is 93.1 Å². The van der Waals surface area contributed by atoms with E-state index in [1.807, 2.05) is 0 Å². The van der Waals surface area contributed by atoms with E-state index in [4.69, 9.17) is 9.47 Å². The van der Waals surface area contributed by atoms with Gasteiger partial charge in [0.05, 0.1) is 0 Å². The Balaban J connectivity index is 2.40. The summed E-state index contributed by atoms with van der Waals surface area (Å²) < 4.78 is 10.5. The molecule has 2 aliphatic rings. The number of hydrogen-bond acceptors (Lipinski definition) is 6. The summed E-state index contributed by atoms with van der Waals surface area (Å²) >= 11 is 0. The van der Waals surface area contributed by atoms with Crippen LogP contribution in [0.25, 0.3) is 0 Å². The minimum absolute atomic E-state index is 0.176. The van der Waals surface area contributed by atoms with Gasteiger partial charge in [-0.3, -0.25) is 9.59 Å². The zero-order chi connectivity index (χ0) is 14.6. The fourth-order valence-corrected chi connectivity index (χ4v) is 3.61. The van der Waals surface area contributed by atoms with Crippen LogP contribution >= 0.6 is 0 Å². The lowest BCUT2D eigenvalue weighted by molar-refractivity contribution is -0.232. The molecule has 1 saturated heterocycles. The fraction of sp³-hybridized carbons (Fsp3) is 0.846. The van der Waals surface area contributed by atoms with Gasteiger partial charge >= 0.3 is 5.97 Å². The molecule has 4 atom stereocenters. The molecule has 0 radical (unpaired) electrons. The van der Waals surface area contributed by atoms with Gasteiger partial charge in [0.25, 0.3) is 0 Å². The molecule has 2 N–H and O–H groups in total. The highest BCUT2D eigenvalue weighted by Crippen LogP contribution is 2.55. The summed E-state index contributed by atoms with van der Waals surface area (Å²) in [7, 11) is 0. The van der Waals surface area contributed by atoms with Crippen molar-refractivity contribution < 1.29 is 29.3 Å². The Morgan fingerprint density at radius 1 is 1.37 bits per heavy atom. The molecular formula is C13H20O6. The van der Waals surface area contributed by atoms with Crippen molar-refractivity contribution in [3.05, 3.63) is 0 Å².